The van der Waals surface area contributed by atoms with Gasteiger partial charge in [-0.15, -0.1) is 0 Å². The van der Waals surface area contributed by atoms with Gasteiger partial charge < -0.3 is 25.4 Å². The summed E-state index contributed by atoms with van der Waals surface area (Å²) in [4.78, 5) is 35.5. The Balaban J connectivity index is 0.000000520. The van der Waals surface area contributed by atoms with Crippen molar-refractivity contribution in [3.63, 3.8) is 0 Å². The van der Waals surface area contributed by atoms with Crippen LogP contribution in [-0.2, 0) is 19.1 Å². The van der Waals surface area contributed by atoms with E-state index in [1.807, 2.05) is 0 Å². The van der Waals surface area contributed by atoms with E-state index in [1.165, 1.54) is 25.3 Å². The molecular weight excluding hydrogens is 416 g/mol. The van der Waals surface area contributed by atoms with E-state index in [-0.39, 0.29) is 23.4 Å². The summed E-state index contributed by atoms with van der Waals surface area (Å²) in [5, 5.41) is 20.6. The van der Waals surface area contributed by atoms with Gasteiger partial charge in [-0.25, -0.2) is 9.59 Å². The molecule has 2 heterocycles. The number of nitro groups is 1. The van der Waals surface area contributed by atoms with Crippen molar-refractivity contribution in [2.45, 2.75) is 26.7 Å². The van der Waals surface area contributed by atoms with Crippen LogP contribution in [0, 0.1) is 10.1 Å². The summed E-state index contributed by atoms with van der Waals surface area (Å²) in [5.41, 5.74) is 1.76. The third kappa shape index (κ3) is 6.14. The summed E-state index contributed by atoms with van der Waals surface area (Å²) in [6.07, 6.45) is 0. The van der Waals surface area contributed by atoms with Gasteiger partial charge in [-0.3, -0.25) is 10.1 Å². The molecule has 2 aliphatic heterocycles. The number of nitrogens with zero attached hydrogens (tertiary/aromatic N) is 1. The lowest BCUT2D eigenvalue weighted by molar-refractivity contribution is -0.384. The maximum absolute atomic E-state index is 12.5. The zero-order valence-corrected chi connectivity index (χ0v) is 18.8. The molecule has 0 saturated carbocycles. The van der Waals surface area contributed by atoms with Gasteiger partial charge in [-0.2, -0.15) is 0 Å². The number of hydrogen-bond donors (Lipinski definition) is 3. The molecule has 3 N–H and O–H groups in total. The summed E-state index contributed by atoms with van der Waals surface area (Å²) < 4.78 is 10.0. The third-order valence-electron chi connectivity index (χ3n) is 5.03. The normalized spacial score (nSPS) is 18.2. The number of allylic oxidation sites excluding steroid dienone is 2. The molecule has 1 saturated heterocycles. The molecule has 1 aromatic rings. The average molecular weight is 447 g/mol. The predicted octanol–water partition coefficient (Wildman–Crippen LogP) is 1.74. The molecule has 1 unspecified atom stereocenters. The van der Waals surface area contributed by atoms with Crippen LogP contribution in [-0.4, -0.2) is 56.8 Å². The van der Waals surface area contributed by atoms with Crippen LogP contribution in [0.25, 0.3) is 0 Å². The Morgan fingerprint density at radius 2 is 1.62 bits per heavy atom. The van der Waals surface area contributed by atoms with Gasteiger partial charge >= 0.3 is 11.9 Å². The second kappa shape index (κ2) is 12.0. The highest BCUT2D eigenvalue weighted by Gasteiger charge is 2.38. The number of carbonyl (C=O) groups excluding carboxylic acids is 2. The lowest BCUT2D eigenvalue weighted by Crippen LogP contribution is -2.39. The molecule has 0 aromatic heterocycles. The van der Waals surface area contributed by atoms with Crippen molar-refractivity contribution in [2.75, 3.05) is 39.9 Å². The zero-order chi connectivity index (χ0) is 23.7. The van der Waals surface area contributed by atoms with Crippen LogP contribution < -0.4 is 16.0 Å². The number of ether oxygens (including phenoxy) is 2. The van der Waals surface area contributed by atoms with Gasteiger partial charge in [0, 0.05) is 49.7 Å². The largest absolute Gasteiger partial charge is 0.466 e. The number of nitrogens with one attached hydrogen (secondary N) is 3. The second-order valence-electron chi connectivity index (χ2n) is 7.20. The van der Waals surface area contributed by atoms with Gasteiger partial charge in [0.15, 0.2) is 0 Å². The monoisotopic (exact) mass is 446 g/mol. The third-order valence-corrected chi connectivity index (χ3v) is 5.03. The van der Waals surface area contributed by atoms with Crippen molar-refractivity contribution in [3.05, 3.63) is 62.5 Å². The molecule has 0 aliphatic carbocycles. The van der Waals surface area contributed by atoms with Crippen LogP contribution in [0.3, 0.4) is 0 Å². The fourth-order valence-electron chi connectivity index (χ4n) is 3.61. The summed E-state index contributed by atoms with van der Waals surface area (Å²) in [6.45, 7) is 9.76. The molecule has 174 valence electrons. The molecule has 1 atom stereocenters. The second-order valence-corrected chi connectivity index (χ2v) is 7.20. The molecule has 0 bridgehead atoms. The number of carbonyl (C=O) groups is 2. The van der Waals surface area contributed by atoms with E-state index in [0.29, 0.717) is 17.0 Å². The molecule has 0 radical (unpaired) electrons. The van der Waals surface area contributed by atoms with Crippen molar-refractivity contribution >= 4 is 17.6 Å². The number of esters is 2. The number of hydrogen-bond acceptors (Lipinski definition) is 9. The van der Waals surface area contributed by atoms with E-state index < -0.39 is 22.8 Å². The van der Waals surface area contributed by atoms with Crippen LogP contribution in [0.15, 0.2) is 46.8 Å². The highest BCUT2D eigenvalue weighted by Crippen LogP contribution is 2.40. The number of nitro benzene ring substituents is 1. The van der Waals surface area contributed by atoms with Crippen molar-refractivity contribution in [1.82, 2.24) is 16.0 Å². The Morgan fingerprint density at radius 1 is 1.06 bits per heavy atom. The van der Waals surface area contributed by atoms with Gasteiger partial charge in [0.25, 0.3) is 5.69 Å². The lowest BCUT2D eigenvalue weighted by Gasteiger charge is -2.30. The Hall–Kier alpha value is -3.24. The SMILES string of the molecule is C1CNCCN1.CCOC(=O)C1=C(C)NC(C)=C(C(=O)OC)C1c1cccc([N+](=O)[O-])c1. The van der Waals surface area contributed by atoms with E-state index in [2.05, 4.69) is 16.0 Å². The number of rotatable bonds is 5. The van der Waals surface area contributed by atoms with Crippen LogP contribution in [0.1, 0.15) is 32.3 Å². The first-order chi connectivity index (χ1) is 15.3. The number of piperazine rings is 1. The summed E-state index contributed by atoms with van der Waals surface area (Å²) in [6, 6.07) is 5.84. The maximum Gasteiger partial charge on any atom is 0.336 e. The summed E-state index contributed by atoms with van der Waals surface area (Å²) in [7, 11) is 1.24. The Bertz CT molecular complexity index is 909. The highest BCUT2D eigenvalue weighted by atomic mass is 16.6. The van der Waals surface area contributed by atoms with Crippen LogP contribution in [0.5, 0.6) is 0 Å². The zero-order valence-electron chi connectivity index (χ0n) is 18.8. The quantitative estimate of drug-likeness (QED) is 0.351. The van der Waals surface area contributed by atoms with Gasteiger partial charge in [-0.05, 0) is 26.3 Å². The van der Waals surface area contributed by atoms with Crippen molar-refractivity contribution < 1.29 is 24.0 Å². The first kappa shape index (κ1) is 25.0. The minimum absolute atomic E-state index is 0.135. The van der Waals surface area contributed by atoms with Crippen molar-refractivity contribution in [2.24, 2.45) is 0 Å². The van der Waals surface area contributed by atoms with Crippen molar-refractivity contribution in [3.8, 4) is 0 Å². The van der Waals surface area contributed by atoms with Gasteiger partial charge in [0.1, 0.15) is 0 Å². The summed E-state index contributed by atoms with van der Waals surface area (Å²) in [5.74, 6) is -2.05. The standard InChI is InChI=1S/C18H20N2O6.C4H10N2/c1-5-26-18(22)15-11(3)19-10(2)14(17(21)25-4)16(15)12-7-6-8-13(9-12)20(23)24;1-2-6-4-3-5-1/h6-9,16,19H,5H2,1-4H3;5-6H,1-4H2. The fraction of sp³-hybridized carbons (Fsp3) is 0.455. The first-order valence-electron chi connectivity index (χ1n) is 10.4. The van der Waals surface area contributed by atoms with Crippen LogP contribution in [0.4, 0.5) is 5.69 Å². The molecule has 0 spiro atoms. The average Bonchev–Trinajstić information content (AvgIpc) is 2.79. The molecule has 3 rings (SSSR count). The van der Waals surface area contributed by atoms with Gasteiger partial charge in [0.05, 0.1) is 35.7 Å². The molecule has 10 heteroatoms. The number of non-ortho nitro benzene ring substituents is 1. The lowest BCUT2D eigenvalue weighted by atomic mass is 9.80. The topological polar surface area (TPSA) is 132 Å². The van der Waals surface area contributed by atoms with Crippen LogP contribution in [0.2, 0.25) is 0 Å². The Kier molecular flexibility index (Phi) is 9.36. The molecule has 1 aromatic carbocycles. The van der Waals surface area contributed by atoms with E-state index in [9.17, 15) is 19.7 Å². The number of benzene rings is 1. The number of dihydropyridines is 1. The Morgan fingerprint density at radius 3 is 2.09 bits per heavy atom. The Labute approximate surface area is 187 Å². The molecule has 10 nitrogen and oxygen atoms in total. The highest BCUT2D eigenvalue weighted by molar-refractivity contribution is 5.99. The van der Waals surface area contributed by atoms with E-state index in [0.717, 1.165) is 26.2 Å². The van der Waals surface area contributed by atoms with Gasteiger partial charge in [-0.1, -0.05) is 12.1 Å². The first-order valence-corrected chi connectivity index (χ1v) is 10.4. The van der Waals surface area contributed by atoms with E-state index in [1.54, 1.807) is 26.8 Å². The maximum atomic E-state index is 12.5. The number of methoxy groups -OCH3 is 1. The molecule has 0 amide bonds. The van der Waals surface area contributed by atoms with E-state index >= 15 is 0 Å². The summed E-state index contributed by atoms with van der Waals surface area (Å²) >= 11 is 0. The van der Waals surface area contributed by atoms with E-state index in [4.69, 9.17) is 9.47 Å². The molecule has 32 heavy (non-hydrogen) atoms. The fourth-order valence-corrected chi connectivity index (χ4v) is 3.61. The van der Waals surface area contributed by atoms with Gasteiger partial charge in [0.2, 0.25) is 0 Å². The minimum atomic E-state index is -0.831. The minimum Gasteiger partial charge on any atom is -0.466 e. The van der Waals surface area contributed by atoms with Crippen LogP contribution >= 0.6 is 0 Å². The smallest absolute Gasteiger partial charge is 0.336 e. The molecule has 1 fully saturated rings. The van der Waals surface area contributed by atoms with Crippen molar-refractivity contribution in [1.29, 1.82) is 0 Å². The molecular formula is C22H30N4O6. The molecule has 2 aliphatic rings. The predicted molar refractivity (Wildman–Crippen MR) is 119 cm³/mol.